The van der Waals surface area contributed by atoms with Gasteiger partial charge in [0.25, 0.3) is 0 Å². The Balaban J connectivity index is 2.68. The highest BCUT2D eigenvalue weighted by molar-refractivity contribution is 7.20. The van der Waals surface area contributed by atoms with Crippen LogP contribution in [0.25, 0.3) is 16.2 Å². The van der Waals surface area contributed by atoms with E-state index in [2.05, 4.69) is 0 Å². The first kappa shape index (κ1) is 12.6. The van der Waals surface area contributed by atoms with E-state index in [1.54, 1.807) is 12.1 Å². The Morgan fingerprint density at radius 1 is 1.28 bits per heavy atom. The van der Waals surface area contributed by atoms with Crippen LogP contribution in [0.1, 0.15) is 10.4 Å². The van der Waals surface area contributed by atoms with Crippen molar-refractivity contribution in [1.82, 2.24) is 0 Å². The number of hydrogen-bond acceptors (Lipinski definition) is 2. The molecule has 2 nitrogen and oxygen atoms in total. The van der Waals surface area contributed by atoms with Crippen LogP contribution in [-0.2, 0) is 11.0 Å². The summed E-state index contributed by atoms with van der Waals surface area (Å²) in [6, 6.07) is 6.12. The van der Waals surface area contributed by atoms with Gasteiger partial charge in [-0.05, 0) is 12.1 Å². The van der Waals surface area contributed by atoms with Crippen LogP contribution in [0, 0.1) is 0 Å². The average Bonchev–Trinajstić information content (AvgIpc) is 2.63. The number of aliphatic carboxylic acids is 1. The second-order valence-electron chi connectivity index (χ2n) is 3.51. The first-order valence-corrected chi connectivity index (χ1v) is 5.71. The van der Waals surface area contributed by atoms with E-state index in [1.165, 1.54) is 12.1 Å². The Bertz CT molecular complexity index is 626. The van der Waals surface area contributed by atoms with Crippen molar-refractivity contribution in [3.8, 4) is 0 Å². The highest BCUT2D eigenvalue weighted by Crippen LogP contribution is 2.42. The first-order valence-electron chi connectivity index (χ1n) is 4.89. The monoisotopic (exact) mass is 272 g/mol. The summed E-state index contributed by atoms with van der Waals surface area (Å²) in [7, 11) is 0. The molecule has 1 N–H and O–H groups in total. The van der Waals surface area contributed by atoms with Crippen molar-refractivity contribution in [2.45, 2.75) is 6.18 Å². The van der Waals surface area contributed by atoms with Crippen molar-refractivity contribution in [2.24, 2.45) is 0 Å². The van der Waals surface area contributed by atoms with Crippen LogP contribution in [0.15, 0.2) is 30.3 Å². The molecule has 0 saturated heterocycles. The minimum Gasteiger partial charge on any atom is -0.478 e. The predicted octanol–water partition coefficient (Wildman–Crippen LogP) is 4.02. The maximum Gasteiger partial charge on any atom is 0.418 e. The third-order valence-electron chi connectivity index (χ3n) is 2.28. The second kappa shape index (κ2) is 4.45. The van der Waals surface area contributed by atoms with Crippen LogP contribution in [0.3, 0.4) is 0 Å². The second-order valence-corrected chi connectivity index (χ2v) is 4.59. The molecule has 1 aromatic carbocycles. The standard InChI is InChI=1S/C12H7F3O2S/c13-12(14,15)11-7-3-1-2-4-8(7)18-9(11)5-6-10(16)17/h1-6H,(H,16,17). The van der Waals surface area contributed by atoms with Crippen LogP contribution in [0.5, 0.6) is 0 Å². The van der Waals surface area contributed by atoms with E-state index in [-0.39, 0.29) is 10.3 Å². The van der Waals surface area contributed by atoms with Gasteiger partial charge in [0.05, 0.1) is 5.56 Å². The molecule has 0 aliphatic heterocycles. The van der Waals surface area contributed by atoms with Crippen LogP contribution in [0.2, 0.25) is 0 Å². The molecular formula is C12H7F3O2S. The smallest absolute Gasteiger partial charge is 0.418 e. The molecule has 18 heavy (non-hydrogen) atoms. The molecule has 0 fully saturated rings. The van der Waals surface area contributed by atoms with Gasteiger partial charge < -0.3 is 5.11 Å². The number of alkyl halides is 3. The molecule has 6 heteroatoms. The van der Waals surface area contributed by atoms with E-state index in [9.17, 15) is 18.0 Å². The minimum atomic E-state index is -4.50. The molecule has 2 aromatic rings. The van der Waals surface area contributed by atoms with Crippen molar-refractivity contribution < 1.29 is 23.1 Å². The molecule has 0 spiro atoms. The van der Waals surface area contributed by atoms with Gasteiger partial charge in [-0.25, -0.2) is 4.79 Å². The van der Waals surface area contributed by atoms with Gasteiger partial charge >= 0.3 is 12.1 Å². The van der Waals surface area contributed by atoms with Crippen LogP contribution < -0.4 is 0 Å². The quantitative estimate of drug-likeness (QED) is 0.838. The zero-order valence-corrected chi connectivity index (χ0v) is 9.68. The third-order valence-corrected chi connectivity index (χ3v) is 3.42. The van der Waals surface area contributed by atoms with Gasteiger partial charge in [0.2, 0.25) is 0 Å². The van der Waals surface area contributed by atoms with E-state index in [1.807, 2.05) is 0 Å². The van der Waals surface area contributed by atoms with Crippen molar-refractivity contribution in [1.29, 1.82) is 0 Å². The van der Waals surface area contributed by atoms with Gasteiger partial charge in [-0.3, -0.25) is 0 Å². The molecule has 0 aliphatic carbocycles. The van der Waals surface area contributed by atoms with Crippen LogP contribution >= 0.6 is 11.3 Å². The minimum absolute atomic E-state index is 0.0916. The topological polar surface area (TPSA) is 37.3 Å². The molecule has 0 saturated carbocycles. The molecule has 0 atom stereocenters. The summed E-state index contributed by atoms with van der Waals surface area (Å²) in [6.07, 6.45) is -2.81. The largest absolute Gasteiger partial charge is 0.478 e. The lowest BCUT2D eigenvalue weighted by Gasteiger charge is -2.06. The van der Waals surface area contributed by atoms with E-state index >= 15 is 0 Å². The highest BCUT2D eigenvalue weighted by Gasteiger charge is 2.36. The summed E-state index contributed by atoms with van der Waals surface area (Å²) in [6.45, 7) is 0. The Labute approximate surface area is 104 Å². The summed E-state index contributed by atoms with van der Waals surface area (Å²) in [5.74, 6) is -1.28. The molecule has 2 rings (SSSR count). The van der Waals surface area contributed by atoms with E-state index < -0.39 is 17.7 Å². The Kier molecular flexibility index (Phi) is 3.13. The van der Waals surface area contributed by atoms with Gasteiger partial charge in [0, 0.05) is 21.0 Å². The third kappa shape index (κ3) is 2.38. The number of rotatable bonds is 2. The Hall–Kier alpha value is -1.82. The lowest BCUT2D eigenvalue weighted by molar-refractivity contribution is -0.136. The average molecular weight is 272 g/mol. The van der Waals surface area contributed by atoms with Crippen LogP contribution in [0.4, 0.5) is 13.2 Å². The van der Waals surface area contributed by atoms with Crippen molar-refractivity contribution >= 4 is 33.5 Å². The number of carboxylic acid groups (broad SMARTS) is 1. The number of fused-ring (bicyclic) bond motifs is 1. The maximum atomic E-state index is 13.0. The number of hydrogen-bond donors (Lipinski definition) is 1. The van der Waals surface area contributed by atoms with E-state index in [0.717, 1.165) is 17.4 Å². The Morgan fingerprint density at radius 3 is 2.56 bits per heavy atom. The molecule has 1 heterocycles. The maximum absolute atomic E-state index is 13.0. The highest BCUT2D eigenvalue weighted by atomic mass is 32.1. The molecule has 0 radical (unpaired) electrons. The Morgan fingerprint density at radius 2 is 1.94 bits per heavy atom. The summed E-state index contributed by atoms with van der Waals surface area (Å²) in [5, 5.41) is 8.58. The number of halogens is 3. The predicted molar refractivity (Wildman–Crippen MR) is 63.5 cm³/mol. The van der Waals surface area contributed by atoms with Crippen molar-refractivity contribution in [3.05, 3.63) is 40.8 Å². The summed E-state index contributed by atoms with van der Waals surface area (Å²) in [5.41, 5.74) is -0.777. The normalized spacial score (nSPS) is 12.4. The molecule has 0 aliphatic rings. The number of thiophene rings is 1. The van der Waals surface area contributed by atoms with Gasteiger partial charge in [0.1, 0.15) is 0 Å². The summed E-state index contributed by atoms with van der Waals surface area (Å²) >= 11 is 0.923. The zero-order chi connectivity index (χ0) is 13.3. The fourth-order valence-corrected chi connectivity index (χ4v) is 2.75. The fourth-order valence-electron chi connectivity index (χ4n) is 1.62. The van der Waals surface area contributed by atoms with Crippen molar-refractivity contribution in [2.75, 3.05) is 0 Å². The lowest BCUT2D eigenvalue weighted by Crippen LogP contribution is -2.05. The van der Waals surface area contributed by atoms with E-state index in [0.29, 0.717) is 10.8 Å². The first-order chi connectivity index (χ1) is 8.39. The summed E-state index contributed by atoms with van der Waals surface area (Å²) in [4.78, 5) is 10.3. The SMILES string of the molecule is O=C(O)C=Cc1sc2ccccc2c1C(F)(F)F. The number of benzene rings is 1. The molecule has 0 amide bonds. The zero-order valence-electron chi connectivity index (χ0n) is 8.86. The number of carboxylic acids is 1. The van der Waals surface area contributed by atoms with Crippen molar-refractivity contribution in [3.63, 3.8) is 0 Å². The molecule has 94 valence electrons. The van der Waals surface area contributed by atoms with Crippen LogP contribution in [-0.4, -0.2) is 11.1 Å². The molecular weight excluding hydrogens is 265 g/mol. The molecule has 1 aromatic heterocycles. The van der Waals surface area contributed by atoms with Gasteiger partial charge in [-0.1, -0.05) is 18.2 Å². The fraction of sp³-hybridized carbons (Fsp3) is 0.0833. The van der Waals surface area contributed by atoms with Gasteiger partial charge in [0.15, 0.2) is 0 Å². The van der Waals surface area contributed by atoms with E-state index in [4.69, 9.17) is 5.11 Å². The van der Waals surface area contributed by atoms with Gasteiger partial charge in [-0.2, -0.15) is 13.2 Å². The molecule has 0 bridgehead atoms. The summed E-state index contributed by atoms with van der Waals surface area (Å²) < 4.78 is 39.4. The number of carbonyl (C=O) groups is 1. The molecule has 0 unspecified atom stereocenters. The lowest BCUT2D eigenvalue weighted by atomic mass is 10.1. The van der Waals surface area contributed by atoms with Gasteiger partial charge in [-0.15, -0.1) is 11.3 Å².